The summed E-state index contributed by atoms with van der Waals surface area (Å²) in [6, 6.07) is 14.8. The zero-order valence-corrected chi connectivity index (χ0v) is 18.5. The molecule has 1 saturated heterocycles. The number of esters is 1. The second-order valence-electron chi connectivity index (χ2n) is 7.58. The summed E-state index contributed by atoms with van der Waals surface area (Å²) in [5, 5.41) is 5.02. The Bertz CT molecular complexity index is 1250. The molecule has 1 atom stereocenters. The van der Waals surface area contributed by atoms with E-state index in [0.717, 1.165) is 5.56 Å². The van der Waals surface area contributed by atoms with E-state index in [9.17, 15) is 9.59 Å². The summed E-state index contributed by atoms with van der Waals surface area (Å²) in [7, 11) is 0. The number of fused-ring (bicyclic) bond motifs is 3. The number of ether oxygens (including phenoxy) is 2. The standard InChI is InChI=1S/C23H20ClN5O4/c1-14(30)33-22-21-26-20(23(31)28-9-11-32-12-10-28)27-29(21)18-8-7-16(24)13-17(18)19(25-22)15-5-3-2-4-6-15/h2-8,13,22H,9-12H2,1H3. The van der Waals surface area contributed by atoms with Crippen LogP contribution in [0, 0.1) is 0 Å². The molecule has 0 aliphatic carbocycles. The molecule has 9 nitrogen and oxygen atoms in total. The van der Waals surface area contributed by atoms with E-state index in [0.29, 0.717) is 48.3 Å². The maximum absolute atomic E-state index is 13.1. The molecular formula is C23H20ClN5O4. The van der Waals surface area contributed by atoms with Crippen LogP contribution in [0.2, 0.25) is 5.02 Å². The van der Waals surface area contributed by atoms with Gasteiger partial charge >= 0.3 is 5.97 Å². The summed E-state index contributed by atoms with van der Waals surface area (Å²) in [4.78, 5) is 35.8. The number of morpholine rings is 1. The number of nitrogens with zero attached hydrogens (tertiary/aromatic N) is 5. The highest BCUT2D eigenvalue weighted by molar-refractivity contribution is 6.31. The molecule has 2 aliphatic heterocycles. The van der Waals surface area contributed by atoms with E-state index < -0.39 is 12.2 Å². The van der Waals surface area contributed by atoms with Crippen molar-refractivity contribution in [3.63, 3.8) is 0 Å². The molecule has 0 bridgehead atoms. The Morgan fingerprint density at radius 3 is 2.61 bits per heavy atom. The van der Waals surface area contributed by atoms with Crippen LogP contribution >= 0.6 is 11.6 Å². The molecule has 2 aliphatic rings. The lowest BCUT2D eigenvalue weighted by molar-refractivity contribution is -0.146. The van der Waals surface area contributed by atoms with E-state index >= 15 is 0 Å². The van der Waals surface area contributed by atoms with Gasteiger partial charge in [0.25, 0.3) is 12.1 Å². The first-order chi connectivity index (χ1) is 16.0. The highest BCUT2D eigenvalue weighted by Crippen LogP contribution is 2.32. The number of aromatic nitrogens is 3. The van der Waals surface area contributed by atoms with Gasteiger partial charge in [-0.05, 0) is 18.2 Å². The molecule has 168 valence electrons. The predicted molar refractivity (Wildman–Crippen MR) is 120 cm³/mol. The van der Waals surface area contributed by atoms with Crippen LogP contribution in [0.4, 0.5) is 0 Å². The molecule has 2 aromatic carbocycles. The molecule has 3 aromatic rings. The number of benzene rings is 2. The molecule has 0 spiro atoms. The van der Waals surface area contributed by atoms with Gasteiger partial charge in [0.1, 0.15) is 0 Å². The Balaban J connectivity index is 1.68. The van der Waals surface area contributed by atoms with Crippen molar-refractivity contribution < 1.29 is 19.1 Å². The highest BCUT2D eigenvalue weighted by atomic mass is 35.5. The number of carbonyl (C=O) groups excluding carboxylic acids is 2. The zero-order valence-electron chi connectivity index (χ0n) is 17.8. The van der Waals surface area contributed by atoms with E-state index in [1.165, 1.54) is 11.6 Å². The molecule has 1 unspecified atom stereocenters. The van der Waals surface area contributed by atoms with Gasteiger partial charge < -0.3 is 14.4 Å². The largest absolute Gasteiger partial charge is 0.432 e. The normalized spacial score (nSPS) is 17.5. The van der Waals surface area contributed by atoms with Gasteiger partial charge in [-0.25, -0.2) is 14.7 Å². The maximum Gasteiger partial charge on any atom is 0.304 e. The molecule has 0 radical (unpaired) electrons. The van der Waals surface area contributed by atoms with Crippen molar-refractivity contribution in [3.8, 4) is 5.69 Å². The van der Waals surface area contributed by atoms with Crippen LogP contribution in [-0.4, -0.2) is 63.6 Å². The van der Waals surface area contributed by atoms with Gasteiger partial charge in [0.05, 0.1) is 24.6 Å². The van der Waals surface area contributed by atoms with Crippen LogP contribution in [0.15, 0.2) is 53.5 Å². The quantitative estimate of drug-likeness (QED) is 0.551. The number of aliphatic imine (C=N–C) groups is 1. The second kappa shape index (κ2) is 8.76. The number of carbonyl (C=O) groups is 2. The van der Waals surface area contributed by atoms with Crippen molar-refractivity contribution in [2.45, 2.75) is 13.2 Å². The van der Waals surface area contributed by atoms with Crippen molar-refractivity contribution in [1.29, 1.82) is 0 Å². The van der Waals surface area contributed by atoms with Crippen LogP contribution in [0.25, 0.3) is 5.69 Å². The molecule has 1 fully saturated rings. The third kappa shape index (κ3) is 4.12. The van der Waals surface area contributed by atoms with E-state index in [1.807, 2.05) is 30.3 Å². The number of rotatable bonds is 3. The second-order valence-corrected chi connectivity index (χ2v) is 8.01. The van der Waals surface area contributed by atoms with Crippen molar-refractivity contribution >= 4 is 29.2 Å². The summed E-state index contributed by atoms with van der Waals surface area (Å²) in [5.41, 5.74) is 2.70. The minimum Gasteiger partial charge on any atom is -0.432 e. The van der Waals surface area contributed by atoms with Crippen LogP contribution < -0.4 is 0 Å². The highest BCUT2D eigenvalue weighted by Gasteiger charge is 2.33. The molecule has 33 heavy (non-hydrogen) atoms. The average Bonchev–Trinajstić information content (AvgIpc) is 3.23. The Morgan fingerprint density at radius 1 is 1.12 bits per heavy atom. The fourth-order valence-corrected chi connectivity index (χ4v) is 4.02. The van der Waals surface area contributed by atoms with Gasteiger partial charge in [0, 0.05) is 36.2 Å². The summed E-state index contributed by atoms with van der Waals surface area (Å²) >= 11 is 6.33. The number of hydrogen-bond donors (Lipinski definition) is 0. The fourth-order valence-electron chi connectivity index (χ4n) is 3.85. The average molecular weight is 466 g/mol. The first-order valence-electron chi connectivity index (χ1n) is 10.5. The van der Waals surface area contributed by atoms with Crippen molar-refractivity contribution in [2.75, 3.05) is 26.3 Å². The van der Waals surface area contributed by atoms with Crippen LogP contribution in [-0.2, 0) is 14.3 Å². The molecule has 10 heteroatoms. The van der Waals surface area contributed by atoms with Crippen molar-refractivity contribution in [1.82, 2.24) is 19.7 Å². The monoisotopic (exact) mass is 465 g/mol. The van der Waals surface area contributed by atoms with Gasteiger partial charge in [0.2, 0.25) is 5.82 Å². The van der Waals surface area contributed by atoms with Gasteiger partial charge in [-0.15, -0.1) is 5.10 Å². The summed E-state index contributed by atoms with van der Waals surface area (Å²) in [6.07, 6.45) is -1.09. The van der Waals surface area contributed by atoms with E-state index in [-0.39, 0.29) is 17.6 Å². The first-order valence-corrected chi connectivity index (χ1v) is 10.8. The van der Waals surface area contributed by atoms with Gasteiger partial charge in [-0.1, -0.05) is 41.9 Å². The fraction of sp³-hybridized carbons (Fsp3) is 0.261. The zero-order chi connectivity index (χ0) is 22.9. The SMILES string of the molecule is CC(=O)OC1N=C(c2ccccc2)c2cc(Cl)ccc2-n2nc(C(=O)N3CCOCC3)nc21. The maximum atomic E-state index is 13.1. The Labute approximate surface area is 194 Å². The van der Waals surface area contributed by atoms with Crippen LogP contribution in [0.5, 0.6) is 0 Å². The van der Waals surface area contributed by atoms with E-state index in [1.54, 1.807) is 23.1 Å². The molecule has 3 heterocycles. The van der Waals surface area contributed by atoms with E-state index in [4.69, 9.17) is 26.1 Å². The lowest BCUT2D eigenvalue weighted by Gasteiger charge is -2.25. The summed E-state index contributed by atoms with van der Waals surface area (Å²) < 4.78 is 12.4. The van der Waals surface area contributed by atoms with Crippen LogP contribution in [0.3, 0.4) is 0 Å². The predicted octanol–water partition coefficient (Wildman–Crippen LogP) is 2.81. The smallest absolute Gasteiger partial charge is 0.304 e. The Morgan fingerprint density at radius 2 is 1.88 bits per heavy atom. The summed E-state index contributed by atoms with van der Waals surface area (Å²) in [6.45, 7) is 3.13. The molecule has 5 rings (SSSR count). The van der Waals surface area contributed by atoms with Gasteiger partial charge in [-0.2, -0.15) is 0 Å². The van der Waals surface area contributed by atoms with Crippen LogP contribution in [0.1, 0.15) is 40.7 Å². The molecule has 0 saturated carbocycles. The number of hydrogen-bond acceptors (Lipinski definition) is 7. The minimum atomic E-state index is -1.09. The first kappa shape index (κ1) is 21.3. The number of halogens is 1. The third-order valence-corrected chi connectivity index (χ3v) is 5.59. The molecule has 0 N–H and O–H groups in total. The molecule has 1 aromatic heterocycles. The molecular weight excluding hydrogens is 446 g/mol. The van der Waals surface area contributed by atoms with Gasteiger partial charge in [-0.3, -0.25) is 9.59 Å². The summed E-state index contributed by atoms with van der Waals surface area (Å²) in [5.74, 6) is -0.612. The molecule has 1 amide bonds. The lowest BCUT2D eigenvalue weighted by atomic mass is 10.0. The topological polar surface area (TPSA) is 98.9 Å². The van der Waals surface area contributed by atoms with E-state index in [2.05, 4.69) is 10.1 Å². The minimum absolute atomic E-state index is 0.00307. The Hall–Kier alpha value is -3.56. The Kier molecular flexibility index (Phi) is 5.65. The number of amides is 1. The van der Waals surface area contributed by atoms with Crippen molar-refractivity contribution in [3.05, 3.63) is 76.3 Å². The van der Waals surface area contributed by atoms with Gasteiger partial charge in [0.15, 0.2) is 5.82 Å². The third-order valence-electron chi connectivity index (χ3n) is 5.36. The van der Waals surface area contributed by atoms with Crippen molar-refractivity contribution in [2.24, 2.45) is 4.99 Å². The lowest BCUT2D eigenvalue weighted by Crippen LogP contribution is -2.41.